The molecule has 186 valence electrons. The predicted octanol–water partition coefficient (Wildman–Crippen LogP) is 3.87. The second-order valence-corrected chi connectivity index (χ2v) is 10.7. The molecule has 0 fully saturated rings. The normalized spacial score (nSPS) is 13.1. The van der Waals surface area contributed by atoms with Gasteiger partial charge in [-0.3, -0.25) is 13.9 Å². The summed E-state index contributed by atoms with van der Waals surface area (Å²) in [6.07, 6.45) is 2.43. The third kappa shape index (κ3) is 8.17. The Morgan fingerprint density at radius 2 is 1.71 bits per heavy atom. The molecule has 0 aliphatic heterocycles. The molecule has 7 nitrogen and oxygen atoms in total. The number of nitrogens with zero attached hydrogens (tertiary/aromatic N) is 2. The first kappa shape index (κ1) is 27.4. The van der Waals surface area contributed by atoms with Gasteiger partial charge in [0, 0.05) is 25.6 Å². The van der Waals surface area contributed by atoms with E-state index in [0.29, 0.717) is 18.7 Å². The average molecular weight is 488 g/mol. The number of sulfonamides is 1. The van der Waals surface area contributed by atoms with Crippen molar-refractivity contribution in [1.29, 1.82) is 0 Å². The highest BCUT2D eigenvalue weighted by molar-refractivity contribution is 7.92. The molecule has 0 aliphatic rings. The summed E-state index contributed by atoms with van der Waals surface area (Å²) in [5.41, 5.74) is 2.59. The average Bonchev–Trinajstić information content (AvgIpc) is 2.79. The quantitative estimate of drug-likeness (QED) is 0.492. The van der Waals surface area contributed by atoms with Gasteiger partial charge in [-0.25, -0.2) is 8.42 Å². The fraction of sp³-hybridized carbons (Fsp3) is 0.462. The summed E-state index contributed by atoms with van der Waals surface area (Å²) in [6.45, 7) is 8.13. The van der Waals surface area contributed by atoms with E-state index in [9.17, 15) is 18.0 Å². The smallest absolute Gasteiger partial charge is 0.242 e. The Labute approximate surface area is 204 Å². The van der Waals surface area contributed by atoms with Gasteiger partial charge in [-0.1, -0.05) is 55.0 Å². The van der Waals surface area contributed by atoms with Crippen LogP contribution >= 0.6 is 0 Å². The summed E-state index contributed by atoms with van der Waals surface area (Å²) in [7, 11) is -3.49. The van der Waals surface area contributed by atoms with Crippen LogP contribution in [0.4, 0.5) is 5.69 Å². The zero-order valence-corrected chi connectivity index (χ0v) is 21.6. The Balaban J connectivity index is 2.15. The summed E-state index contributed by atoms with van der Waals surface area (Å²) in [6, 6.07) is 16.1. The minimum absolute atomic E-state index is 0.0139. The van der Waals surface area contributed by atoms with Crippen molar-refractivity contribution in [3.05, 3.63) is 65.7 Å². The summed E-state index contributed by atoms with van der Waals surface area (Å²) >= 11 is 0. The van der Waals surface area contributed by atoms with Crippen molar-refractivity contribution in [1.82, 2.24) is 10.2 Å². The van der Waals surface area contributed by atoms with Crippen LogP contribution in [0.5, 0.6) is 0 Å². The lowest BCUT2D eigenvalue weighted by atomic mass is 10.1. The number of nitrogens with one attached hydrogen (secondary N) is 1. The molecule has 0 bridgehead atoms. The van der Waals surface area contributed by atoms with Crippen molar-refractivity contribution < 1.29 is 18.0 Å². The van der Waals surface area contributed by atoms with Gasteiger partial charge in [0.25, 0.3) is 0 Å². The van der Waals surface area contributed by atoms with Crippen LogP contribution in [0.1, 0.15) is 51.2 Å². The topological polar surface area (TPSA) is 86.8 Å². The lowest BCUT2D eigenvalue weighted by molar-refractivity contribution is -0.140. The van der Waals surface area contributed by atoms with Gasteiger partial charge in [-0.05, 0) is 51.3 Å². The highest BCUT2D eigenvalue weighted by Gasteiger charge is 2.27. The lowest BCUT2D eigenvalue weighted by Crippen LogP contribution is -2.49. The van der Waals surface area contributed by atoms with E-state index < -0.39 is 16.1 Å². The van der Waals surface area contributed by atoms with Crippen molar-refractivity contribution in [2.45, 2.75) is 65.6 Å². The molecule has 0 heterocycles. The van der Waals surface area contributed by atoms with E-state index >= 15 is 0 Å². The number of aryl methyl sites for hydroxylation is 1. The Kier molecular flexibility index (Phi) is 10.1. The number of amides is 2. The predicted molar refractivity (Wildman–Crippen MR) is 137 cm³/mol. The maximum Gasteiger partial charge on any atom is 0.242 e. The fourth-order valence-electron chi connectivity index (χ4n) is 3.65. The van der Waals surface area contributed by atoms with Crippen LogP contribution in [0, 0.1) is 6.92 Å². The molecule has 2 amide bonds. The zero-order chi connectivity index (χ0) is 25.3. The monoisotopic (exact) mass is 487 g/mol. The van der Waals surface area contributed by atoms with E-state index in [-0.39, 0.29) is 30.8 Å². The third-order valence-corrected chi connectivity index (χ3v) is 6.99. The standard InChI is InChI=1S/C26H37N3O4S/c1-6-21(3)27-26(31)22(4)28(19-23-13-10-12-20(2)18-23)25(30)16-11-17-29(34(5,32)33)24-14-8-7-9-15-24/h7-10,12-15,18,21-22H,6,11,16-17,19H2,1-5H3,(H,27,31). The van der Waals surface area contributed by atoms with E-state index in [1.54, 1.807) is 36.1 Å². The zero-order valence-electron chi connectivity index (χ0n) is 20.8. The molecule has 2 rings (SSSR count). The highest BCUT2D eigenvalue weighted by atomic mass is 32.2. The molecular weight excluding hydrogens is 450 g/mol. The first-order chi connectivity index (χ1) is 16.0. The molecule has 1 N–H and O–H groups in total. The van der Waals surface area contributed by atoms with Crippen LogP contribution in [0.3, 0.4) is 0 Å². The van der Waals surface area contributed by atoms with E-state index in [2.05, 4.69) is 5.32 Å². The van der Waals surface area contributed by atoms with Gasteiger partial charge >= 0.3 is 0 Å². The molecule has 2 aromatic carbocycles. The van der Waals surface area contributed by atoms with Crippen LogP contribution in [0.15, 0.2) is 54.6 Å². The van der Waals surface area contributed by atoms with E-state index in [0.717, 1.165) is 23.8 Å². The summed E-state index contributed by atoms with van der Waals surface area (Å²) in [4.78, 5) is 27.7. The largest absolute Gasteiger partial charge is 0.352 e. The first-order valence-corrected chi connectivity index (χ1v) is 13.6. The highest BCUT2D eigenvalue weighted by Crippen LogP contribution is 2.19. The van der Waals surface area contributed by atoms with Gasteiger partial charge in [-0.15, -0.1) is 0 Å². The molecular formula is C26H37N3O4S. The minimum atomic E-state index is -3.49. The number of hydrogen-bond acceptors (Lipinski definition) is 4. The summed E-state index contributed by atoms with van der Waals surface area (Å²) in [5.74, 6) is -0.382. The van der Waals surface area contributed by atoms with Crippen LogP contribution in [-0.4, -0.2) is 50.0 Å². The van der Waals surface area contributed by atoms with Crippen LogP contribution in [0.25, 0.3) is 0 Å². The van der Waals surface area contributed by atoms with E-state index in [1.807, 2.05) is 51.1 Å². The summed E-state index contributed by atoms with van der Waals surface area (Å²) in [5, 5.41) is 2.96. The molecule has 34 heavy (non-hydrogen) atoms. The van der Waals surface area contributed by atoms with Gasteiger partial charge in [0.2, 0.25) is 21.8 Å². The Morgan fingerprint density at radius 1 is 1.03 bits per heavy atom. The van der Waals surface area contributed by atoms with Crippen molar-refractivity contribution in [3.8, 4) is 0 Å². The van der Waals surface area contributed by atoms with Gasteiger partial charge in [0.05, 0.1) is 11.9 Å². The number of rotatable bonds is 12. The maximum absolute atomic E-state index is 13.3. The Bertz CT molecular complexity index is 1060. The maximum atomic E-state index is 13.3. The van der Waals surface area contributed by atoms with E-state index in [4.69, 9.17) is 0 Å². The third-order valence-electron chi connectivity index (χ3n) is 5.80. The molecule has 2 atom stereocenters. The van der Waals surface area contributed by atoms with Crippen molar-refractivity contribution in [2.24, 2.45) is 0 Å². The molecule has 2 unspecified atom stereocenters. The number of carbonyl (C=O) groups is 2. The SMILES string of the molecule is CCC(C)NC(=O)C(C)N(Cc1cccc(C)c1)C(=O)CCCN(c1ccccc1)S(C)(=O)=O. The molecule has 0 saturated heterocycles. The fourth-order valence-corrected chi connectivity index (χ4v) is 4.62. The van der Waals surface area contributed by atoms with Gasteiger partial charge < -0.3 is 10.2 Å². The number of carbonyl (C=O) groups excluding carboxylic acids is 2. The number of para-hydroxylation sites is 1. The van der Waals surface area contributed by atoms with Gasteiger partial charge in [0.1, 0.15) is 6.04 Å². The van der Waals surface area contributed by atoms with Crippen molar-refractivity contribution in [2.75, 3.05) is 17.1 Å². The molecule has 8 heteroatoms. The van der Waals surface area contributed by atoms with Crippen molar-refractivity contribution >= 4 is 27.5 Å². The van der Waals surface area contributed by atoms with Crippen LogP contribution in [0.2, 0.25) is 0 Å². The molecule has 0 aliphatic carbocycles. The number of anilines is 1. The number of hydrogen-bond donors (Lipinski definition) is 1. The summed E-state index contributed by atoms with van der Waals surface area (Å²) < 4.78 is 26.0. The molecule has 2 aromatic rings. The molecule has 0 spiro atoms. The molecule has 0 radical (unpaired) electrons. The Hall–Kier alpha value is -2.87. The second kappa shape index (κ2) is 12.6. The first-order valence-electron chi connectivity index (χ1n) is 11.7. The van der Waals surface area contributed by atoms with Crippen LogP contribution < -0.4 is 9.62 Å². The number of benzene rings is 2. The van der Waals surface area contributed by atoms with Gasteiger partial charge in [-0.2, -0.15) is 0 Å². The molecule has 0 saturated carbocycles. The molecule has 0 aromatic heterocycles. The van der Waals surface area contributed by atoms with Crippen molar-refractivity contribution in [3.63, 3.8) is 0 Å². The van der Waals surface area contributed by atoms with E-state index in [1.165, 1.54) is 4.31 Å². The minimum Gasteiger partial charge on any atom is -0.352 e. The lowest BCUT2D eigenvalue weighted by Gasteiger charge is -2.30. The Morgan fingerprint density at radius 3 is 2.29 bits per heavy atom. The van der Waals surface area contributed by atoms with Gasteiger partial charge in [0.15, 0.2) is 0 Å². The van der Waals surface area contributed by atoms with Crippen LogP contribution in [-0.2, 0) is 26.2 Å². The second-order valence-electron chi connectivity index (χ2n) is 8.78.